The number of aromatic nitrogens is 5. The molecule has 0 N–H and O–H groups in total. The van der Waals surface area contributed by atoms with E-state index in [1.54, 1.807) is 0 Å². The van der Waals surface area contributed by atoms with Crippen molar-refractivity contribution in [3.05, 3.63) is 176 Å². The maximum Gasteiger partial charge on any atom is 0.238 e. The molecule has 3 heterocycles. The highest BCUT2D eigenvalue weighted by Crippen LogP contribution is 2.34. The highest BCUT2D eigenvalue weighted by molar-refractivity contribution is 6.10. The first-order valence-corrected chi connectivity index (χ1v) is 16.8. The molecule has 3 aromatic heterocycles. The third-order valence-corrected chi connectivity index (χ3v) is 9.62. The molecule has 0 spiro atoms. The van der Waals surface area contributed by atoms with E-state index in [9.17, 15) is 0 Å². The number of fused-ring (bicyclic) bond motifs is 6. The van der Waals surface area contributed by atoms with Crippen LogP contribution in [0.2, 0.25) is 0 Å². The van der Waals surface area contributed by atoms with Crippen molar-refractivity contribution in [3.8, 4) is 45.5 Å². The van der Waals surface area contributed by atoms with Crippen LogP contribution in [0.25, 0.3) is 89.2 Å². The Morgan fingerprint density at radius 3 is 1.12 bits per heavy atom. The van der Waals surface area contributed by atoms with E-state index < -0.39 is 0 Å². The average molecular weight is 640 g/mol. The summed E-state index contributed by atoms with van der Waals surface area (Å²) in [5.74, 6) is 1.86. The molecular formula is C45H29N5. The Morgan fingerprint density at radius 1 is 0.280 bits per heavy atom. The summed E-state index contributed by atoms with van der Waals surface area (Å²) in [5.41, 5.74) is 9.82. The Bertz CT molecular complexity index is 2740. The number of hydrogen-bond donors (Lipinski definition) is 0. The quantitative estimate of drug-likeness (QED) is 0.188. The summed E-state index contributed by atoms with van der Waals surface area (Å²) in [6.45, 7) is 0. The van der Waals surface area contributed by atoms with Crippen LogP contribution in [-0.4, -0.2) is 24.1 Å². The van der Waals surface area contributed by atoms with Gasteiger partial charge in [-0.3, -0.25) is 4.57 Å². The monoisotopic (exact) mass is 639 g/mol. The molecule has 50 heavy (non-hydrogen) atoms. The highest BCUT2D eigenvalue weighted by Gasteiger charge is 2.18. The van der Waals surface area contributed by atoms with E-state index in [-0.39, 0.29) is 0 Å². The maximum atomic E-state index is 5.10. The van der Waals surface area contributed by atoms with E-state index in [2.05, 4.69) is 155 Å². The molecule has 0 unspecified atom stereocenters. The van der Waals surface area contributed by atoms with Crippen LogP contribution in [0, 0.1) is 0 Å². The van der Waals surface area contributed by atoms with Gasteiger partial charge in [-0.05, 0) is 47.5 Å². The molecule has 0 saturated carbocycles. The van der Waals surface area contributed by atoms with Gasteiger partial charge in [0.1, 0.15) is 0 Å². The minimum absolute atomic E-state index is 0.593. The van der Waals surface area contributed by atoms with Crippen molar-refractivity contribution in [2.75, 3.05) is 0 Å². The fourth-order valence-corrected chi connectivity index (χ4v) is 7.26. The van der Waals surface area contributed by atoms with Crippen molar-refractivity contribution in [2.24, 2.45) is 0 Å². The molecule has 0 fully saturated rings. The SMILES string of the molecule is c1ccc(-c2nc(-c3ccc(-c4ccc(-n5c6ccccc6c6ccccc65)cc4)cc3)nc(-n3c4ccccc4c4ccccc43)n2)cc1. The van der Waals surface area contributed by atoms with E-state index in [1.807, 2.05) is 30.3 Å². The van der Waals surface area contributed by atoms with Gasteiger partial charge in [0.05, 0.1) is 22.1 Å². The molecule has 7 aromatic carbocycles. The Hall–Kier alpha value is -6.85. The minimum atomic E-state index is 0.593. The molecule has 0 radical (unpaired) electrons. The molecule has 0 aliphatic heterocycles. The van der Waals surface area contributed by atoms with Crippen LogP contribution >= 0.6 is 0 Å². The molecule has 10 rings (SSSR count). The maximum absolute atomic E-state index is 5.10. The summed E-state index contributed by atoms with van der Waals surface area (Å²) in [6.07, 6.45) is 0. The lowest BCUT2D eigenvalue weighted by molar-refractivity contribution is 0.953. The van der Waals surface area contributed by atoms with E-state index in [0.717, 1.165) is 39.0 Å². The summed E-state index contributed by atoms with van der Waals surface area (Å²) < 4.78 is 4.49. The van der Waals surface area contributed by atoms with Crippen LogP contribution in [0.15, 0.2) is 176 Å². The molecule has 5 heteroatoms. The summed E-state index contributed by atoms with van der Waals surface area (Å²) in [7, 11) is 0. The van der Waals surface area contributed by atoms with Crippen LogP contribution in [0.1, 0.15) is 0 Å². The molecule has 0 aliphatic carbocycles. The lowest BCUT2D eigenvalue weighted by atomic mass is 10.0. The van der Waals surface area contributed by atoms with Gasteiger partial charge in [-0.15, -0.1) is 0 Å². The smallest absolute Gasteiger partial charge is 0.238 e. The summed E-state index contributed by atoms with van der Waals surface area (Å²) >= 11 is 0. The van der Waals surface area contributed by atoms with Crippen molar-refractivity contribution < 1.29 is 0 Å². The second-order valence-corrected chi connectivity index (χ2v) is 12.5. The predicted molar refractivity (Wildman–Crippen MR) is 205 cm³/mol. The summed E-state index contributed by atoms with van der Waals surface area (Å²) in [5, 5.41) is 4.86. The number of benzene rings is 7. The molecule has 0 bridgehead atoms. The molecule has 10 aromatic rings. The van der Waals surface area contributed by atoms with Crippen LogP contribution in [0.5, 0.6) is 0 Å². The predicted octanol–water partition coefficient (Wildman–Crippen LogP) is 11.1. The second kappa shape index (κ2) is 11.4. The van der Waals surface area contributed by atoms with E-state index >= 15 is 0 Å². The standard InChI is InChI=1S/C45H29N5/c1-2-12-32(13-3-1)43-46-44(48-45(47-43)50-41-20-10-6-16-37(41)38-17-7-11-21-42(38)50)33-24-22-30(23-25-33)31-26-28-34(29-27-31)49-39-18-8-4-14-35(39)36-15-5-9-19-40(36)49/h1-29H. The van der Waals surface area contributed by atoms with Crippen molar-refractivity contribution in [2.45, 2.75) is 0 Å². The Morgan fingerprint density at radius 2 is 0.640 bits per heavy atom. The van der Waals surface area contributed by atoms with Crippen molar-refractivity contribution in [1.82, 2.24) is 24.1 Å². The van der Waals surface area contributed by atoms with Gasteiger partial charge in [-0.25, -0.2) is 4.98 Å². The van der Waals surface area contributed by atoms with Crippen LogP contribution in [0.4, 0.5) is 0 Å². The normalized spacial score (nSPS) is 11.6. The molecular weight excluding hydrogens is 611 g/mol. The van der Waals surface area contributed by atoms with Gasteiger partial charge in [0.15, 0.2) is 11.6 Å². The van der Waals surface area contributed by atoms with Crippen molar-refractivity contribution in [1.29, 1.82) is 0 Å². The first-order chi connectivity index (χ1) is 24.8. The summed E-state index contributed by atoms with van der Waals surface area (Å²) in [4.78, 5) is 15.1. The number of nitrogens with zero attached hydrogens (tertiary/aromatic N) is 5. The first-order valence-electron chi connectivity index (χ1n) is 16.8. The van der Waals surface area contributed by atoms with Gasteiger partial charge in [-0.1, -0.05) is 140 Å². The van der Waals surface area contributed by atoms with Gasteiger partial charge < -0.3 is 4.57 Å². The lowest BCUT2D eigenvalue weighted by Gasteiger charge is -2.11. The Balaban J connectivity index is 1.05. The Labute approximate surface area is 288 Å². The van der Waals surface area contributed by atoms with Gasteiger partial charge in [0.25, 0.3) is 0 Å². The third kappa shape index (κ3) is 4.52. The zero-order chi connectivity index (χ0) is 33.0. The van der Waals surface area contributed by atoms with Gasteiger partial charge >= 0.3 is 0 Å². The van der Waals surface area contributed by atoms with Crippen LogP contribution in [-0.2, 0) is 0 Å². The molecule has 0 aliphatic rings. The largest absolute Gasteiger partial charge is 0.309 e. The number of rotatable bonds is 5. The van der Waals surface area contributed by atoms with E-state index in [0.29, 0.717) is 17.6 Å². The molecule has 234 valence electrons. The third-order valence-electron chi connectivity index (χ3n) is 9.62. The van der Waals surface area contributed by atoms with Crippen molar-refractivity contribution in [3.63, 3.8) is 0 Å². The topological polar surface area (TPSA) is 48.5 Å². The van der Waals surface area contributed by atoms with E-state index in [4.69, 9.17) is 15.0 Å². The fraction of sp³-hybridized carbons (Fsp3) is 0. The van der Waals surface area contributed by atoms with E-state index in [1.165, 1.54) is 32.6 Å². The summed E-state index contributed by atoms with van der Waals surface area (Å²) in [6, 6.07) is 61.5. The van der Waals surface area contributed by atoms with Gasteiger partial charge in [0.2, 0.25) is 5.95 Å². The fourth-order valence-electron chi connectivity index (χ4n) is 7.26. The zero-order valence-corrected chi connectivity index (χ0v) is 27.0. The molecule has 0 atom stereocenters. The lowest BCUT2D eigenvalue weighted by Crippen LogP contribution is -2.06. The van der Waals surface area contributed by atoms with Crippen molar-refractivity contribution >= 4 is 43.6 Å². The minimum Gasteiger partial charge on any atom is -0.309 e. The average Bonchev–Trinajstić information content (AvgIpc) is 3.71. The van der Waals surface area contributed by atoms with Gasteiger partial charge in [-0.2, -0.15) is 9.97 Å². The second-order valence-electron chi connectivity index (χ2n) is 12.5. The van der Waals surface area contributed by atoms with Crippen LogP contribution < -0.4 is 0 Å². The van der Waals surface area contributed by atoms with Gasteiger partial charge in [0, 0.05) is 38.4 Å². The first kappa shape index (κ1) is 28.2. The number of para-hydroxylation sites is 4. The molecule has 0 amide bonds. The highest BCUT2D eigenvalue weighted by atomic mass is 15.2. The zero-order valence-electron chi connectivity index (χ0n) is 27.0. The molecule has 5 nitrogen and oxygen atoms in total. The Kier molecular flexibility index (Phi) is 6.42. The molecule has 0 saturated heterocycles. The number of hydrogen-bond acceptors (Lipinski definition) is 3. The van der Waals surface area contributed by atoms with Crippen LogP contribution in [0.3, 0.4) is 0 Å².